The van der Waals surface area contributed by atoms with Crippen LogP contribution in [0.4, 0.5) is 0 Å². The molecule has 2 amide bonds. The first-order chi connectivity index (χ1) is 19.6. The third kappa shape index (κ3) is 7.49. The fourth-order valence-corrected chi connectivity index (χ4v) is 7.04. The number of hydrogen-bond donors (Lipinski definition) is 4. The summed E-state index contributed by atoms with van der Waals surface area (Å²) in [5.41, 5.74) is 1.61. The van der Waals surface area contributed by atoms with Gasteiger partial charge in [-0.25, -0.2) is 22.7 Å². The second-order valence-corrected chi connectivity index (χ2v) is 12.3. The van der Waals surface area contributed by atoms with Gasteiger partial charge >= 0.3 is 11.9 Å². The van der Waals surface area contributed by atoms with Crippen LogP contribution in [0.5, 0.6) is 0 Å². The molecule has 3 heterocycles. The van der Waals surface area contributed by atoms with Crippen molar-refractivity contribution in [2.75, 3.05) is 26.9 Å². The molecule has 0 radical (unpaired) electrons. The predicted molar refractivity (Wildman–Crippen MR) is 148 cm³/mol. The number of carboxylic acids is 1. The first-order valence-corrected chi connectivity index (χ1v) is 15.0. The summed E-state index contributed by atoms with van der Waals surface area (Å²) < 4.78 is 38.2. The maximum Gasteiger partial charge on any atom is 0.329 e. The number of ether oxygens (including phenoxy) is 2. The summed E-state index contributed by atoms with van der Waals surface area (Å²) >= 11 is 1.05. The lowest BCUT2D eigenvalue weighted by Gasteiger charge is -2.39. The van der Waals surface area contributed by atoms with E-state index in [2.05, 4.69) is 15.0 Å². The molecule has 0 saturated carbocycles. The molecule has 1 saturated heterocycles. The molecule has 220 valence electrons. The Morgan fingerprint density at radius 1 is 1.17 bits per heavy atom. The molecular formula is C26H30N4O9S2. The summed E-state index contributed by atoms with van der Waals surface area (Å²) in [6, 6.07) is 7.56. The number of amides is 2. The van der Waals surface area contributed by atoms with Gasteiger partial charge in [-0.15, -0.1) is 11.3 Å². The summed E-state index contributed by atoms with van der Waals surface area (Å²) in [6.07, 6.45) is 1.95. The van der Waals surface area contributed by atoms with Gasteiger partial charge in [0.15, 0.2) is 0 Å². The number of carbonyl (C=O) groups is 4. The Morgan fingerprint density at radius 3 is 2.66 bits per heavy atom. The molecule has 3 aromatic rings. The van der Waals surface area contributed by atoms with E-state index >= 15 is 0 Å². The maximum atomic E-state index is 13.6. The van der Waals surface area contributed by atoms with Crippen molar-refractivity contribution in [3.63, 3.8) is 0 Å². The van der Waals surface area contributed by atoms with E-state index in [1.807, 2.05) is 24.3 Å². The van der Waals surface area contributed by atoms with Crippen LogP contribution in [0, 0.1) is 0 Å². The van der Waals surface area contributed by atoms with Crippen molar-refractivity contribution in [2.24, 2.45) is 0 Å². The number of fused-ring (bicyclic) bond motifs is 1. The lowest BCUT2D eigenvalue weighted by Crippen LogP contribution is -2.59. The number of aromatic nitrogens is 1. The smallest absolute Gasteiger partial charge is 0.329 e. The van der Waals surface area contributed by atoms with Gasteiger partial charge in [-0.05, 0) is 35.9 Å². The Labute approximate surface area is 239 Å². The highest BCUT2D eigenvalue weighted by Gasteiger charge is 2.39. The van der Waals surface area contributed by atoms with Crippen molar-refractivity contribution in [2.45, 2.75) is 41.6 Å². The number of methoxy groups -OCH3 is 1. The fourth-order valence-electron chi connectivity index (χ4n) is 4.75. The van der Waals surface area contributed by atoms with Crippen LogP contribution in [-0.4, -0.2) is 92.2 Å². The van der Waals surface area contributed by atoms with Gasteiger partial charge in [-0.2, -0.15) is 0 Å². The average molecular weight is 607 g/mol. The lowest BCUT2D eigenvalue weighted by molar-refractivity contribution is -0.151. The number of aliphatic carboxylic acids is 1. The number of aromatic amines is 1. The monoisotopic (exact) mass is 606 g/mol. The van der Waals surface area contributed by atoms with Gasteiger partial charge in [0.25, 0.3) is 0 Å². The number of nitrogens with one attached hydrogen (secondary N) is 3. The molecule has 3 atom stereocenters. The highest BCUT2D eigenvalue weighted by Crippen LogP contribution is 2.24. The Hall–Kier alpha value is -3.79. The first kappa shape index (κ1) is 30.2. The highest BCUT2D eigenvalue weighted by molar-refractivity contribution is 7.91. The van der Waals surface area contributed by atoms with Gasteiger partial charge in [0.05, 0.1) is 7.11 Å². The molecule has 1 aromatic carbocycles. The number of carboxylic acid groups (broad SMARTS) is 1. The molecule has 1 fully saturated rings. The second-order valence-electron chi connectivity index (χ2n) is 9.41. The first-order valence-electron chi connectivity index (χ1n) is 12.7. The Bertz CT molecular complexity index is 1500. The Morgan fingerprint density at radius 2 is 1.95 bits per heavy atom. The van der Waals surface area contributed by atoms with Crippen molar-refractivity contribution in [3.05, 3.63) is 53.5 Å². The molecule has 13 nitrogen and oxygen atoms in total. The molecule has 4 N–H and O–H groups in total. The quantitative estimate of drug-likeness (QED) is 0.217. The number of likely N-dealkylation sites (tertiary alicyclic amines) is 1. The van der Waals surface area contributed by atoms with E-state index in [4.69, 9.17) is 14.6 Å². The minimum Gasteiger partial charge on any atom is -0.480 e. The second kappa shape index (κ2) is 13.2. The van der Waals surface area contributed by atoms with Crippen LogP contribution in [0.2, 0.25) is 0 Å². The minimum absolute atomic E-state index is 0.00365. The molecule has 41 heavy (non-hydrogen) atoms. The van der Waals surface area contributed by atoms with Crippen LogP contribution < -0.4 is 10.0 Å². The van der Waals surface area contributed by atoms with Crippen LogP contribution in [0.3, 0.4) is 0 Å². The average Bonchev–Trinajstić information content (AvgIpc) is 3.63. The van der Waals surface area contributed by atoms with Crippen molar-refractivity contribution < 1.29 is 42.2 Å². The zero-order valence-electron chi connectivity index (χ0n) is 22.1. The molecule has 4 rings (SSSR count). The van der Waals surface area contributed by atoms with Gasteiger partial charge in [0.1, 0.15) is 29.5 Å². The largest absolute Gasteiger partial charge is 0.480 e. The summed E-state index contributed by atoms with van der Waals surface area (Å²) in [5.74, 6) is -3.28. The number of H-pyrrole nitrogens is 1. The zero-order valence-corrected chi connectivity index (χ0v) is 23.7. The van der Waals surface area contributed by atoms with E-state index in [1.165, 1.54) is 18.1 Å². The number of carbonyl (C=O) groups excluding carboxylic acids is 3. The molecule has 0 unspecified atom stereocenters. The van der Waals surface area contributed by atoms with Crippen molar-refractivity contribution in [3.8, 4) is 0 Å². The van der Waals surface area contributed by atoms with Gasteiger partial charge in [0, 0.05) is 36.1 Å². The number of rotatable bonds is 12. The van der Waals surface area contributed by atoms with Crippen molar-refractivity contribution in [1.29, 1.82) is 0 Å². The minimum atomic E-state index is -3.86. The standard InChI is InChI=1S/C26H30N4O9S2/c1-38-26(35)20(11-16-13-27-19-6-3-2-5-18(16)19)28-25(34)21-12-17(29-41(36,37)24-7-4-10-40-24)8-9-30(21)22(31)14-39-15-23(32)33/h2-7,10,13,17,20-21,27,29H,8-9,11-12,14-15H2,1H3,(H,28,34)(H,32,33)/t17-,20+,21-/m0/s1. The normalized spacial score (nSPS) is 18.1. The molecule has 0 spiro atoms. The Kier molecular flexibility index (Phi) is 9.75. The summed E-state index contributed by atoms with van der Waals surface area (Å²) in [4.78, 5) is 54.4. The van der Waals surface area contributed by atoms with Crippen LogP contribution in [-0.2, 0) is 45.1 Å². The molecule has 0 bridgehead atoms. The molecule has 2 aromatic heterocycles. The number of sulfonamides is 1. The van der Waals surface area contributed by atoms with Crippen LogP contribution in [0.1, 0.15) is 18.4 Å². The maximum absolute atomic E-state index is 13.6. The SMILES string of the molecule is COC(=O)[C@@H](Cc1c[nH]c2ccccc12)NC(=O)[C@@H]1C[C@@H](NS(=O)(=O)c2cccs2)CCN1C(=O)COCC(=O)O. The van der Waals surface area contributed by atoms with E-state index in [-0.39, 0.29) is 30.0 Å². The van der Waals surface area contributed by atoms with Crippen LogP contribution in [0.25, 0.3) is 10.9 Å². The molecule has 1 aliphatic heterocycles. The van der Waals surface area contributed by atoms with Gasteiger partial charge in [0.2, 0.25) is 21.8 Å². The number of esters is 1. The van der Waals surface area contributed by atoms with Gasteiger partial charge in [-0.1, -0.05) is 24.3 Å². The molecule has 15 heteroatoms. The number of hydrogen-bond acceptors (Lipinski definition) is 9. The van der Waals surface area contributed by atoms with E-state index in [1.54, 1.807) is 17.6 Å². The summed E-state index contributed by atoms with van der Waals surface area (Å²) in [7, 11) is -2.66. The van der Waals surface area contributed by atoms with Crippen LogP contribution in [0.15, 0.2) is 52.2 Å². The summed E-state index contributed by atoms with van der Waals surface area (Å²) in [6.45, 7) is -1.29. The van der Waals surface area contributed by atoms with E-state index in [9.17, 15) is 27.6 Å². The molecular weight excluding hydrogens is 576 g/mol. The fraction of sp³-hybridized carbons (Fsp3) is 0.385. The lowest BCUT2D eigenvalue weighted by atomic mass is 9.96. The van der Waals surface area contributed by atoms with Crippen molar-refractivity contribution >= 4 is 56.0 Å². The number of thiophene rings is 1. The van der Waals surface area contributed by atoms with Gasteiger partial charge in [-0.3, -0.25) is 9.59 Å². The van der Waals surface area contributed by atoms with E-state index < -0.39 is 65.1 Å². The van der Waals surface area contributed by atoms with Crippen LogP contribution >= 0.6 is 11.3 Å². The highest BCUT2D eigenvalue weighted by atomic mass is 32.2. The number of para-hydroxylation sites is 1. The van der Waals surface area contributed by atoms with E-state index in [0.717, 1.165) is 27.8 Å². The predicted octanol–water partition coefficient (Wildman–Crippen LogP) is 0.869. The third-order valence-electron chi connectivity index (χ3n) is 6.66. The number of piperidine rings is 1. The van der Waals surface area contributed by atoms with E-state index in [0.29, 0.717) is 0 Å². The zero-order chi connectivity index (χ0) is 29.6. The number of benzene rings is 1. The number of nitrogens with zero attached hydrogens (tertiary/aromatic N) is 1. The Balaban J connectivity index is 1.54. The van der Waals surface area contributed by atoms with Gasteiger partial charge < -0.3 is 29.8 Å². The summed E-state index contributed by atoms with van der Waals surface area (Å²) in [5, 5.41) is 14.0. The topological polar surface area (TPSA) is 184 Å². The molecule has 0 aliphatic carbocycles. The van der Waals surface area contributed by atoms with Crippen molar-refractivity contribution in [1.82, 2.24) is 19.9 Å². The third-order valence-corrected chi connectivity index (χ3v) is 9.58. The molecule has 1 aliphatic rings.